The molecule has 0 unspecified atom stereocenters. The third-order valence-corrected chi connectivity index (χ3v) is 2.55. The second-order valence-electron chi connectivity index (χ2n) is 3.43. The highest BCUT2D eigenvalue weighted by molar-refractivity contribution is 4.95. The normalized spacial score (nSPS) is 30.3. The number of likely N-dealkylation sites (tertiary alicyclic amines) is 1. The van der Waals surface area contributed by atoms with Crippen LogP contribution in [-0.4, -0.2) is 43.4 Å². The summed E-state index contributed by atoms with van der Waals surface area (Å²) < 4.78 is 5.68. The smallest absolute Gasteiger partial charge is 0.144 e. The number of ether oxygens (including phenoxy) is 1. The van der Waals surface area contributed by atoms with Crippen LogP contribution in [0, 0.1) is 0 Å². The van der Waals surface area contributed by atoms with Crippen molar-refractivity contribution in [2.24, 2.45) is 0 Å². The molecule has 0 bridgehead atoms. The van der Waals surface area contributed by atoms with Crippen LogP contribution in [0.3, 0.4) is 0 Å². The Labute approximate surface area is 67.7 Å². The van der Waals surface area contributed by atoms with Gasteiger partial charge in [0.05, 0.1) is 6.61 Å². The summed E-state index contributed by atoms with van der Waals surface area (Å²) in [5.41, 5.74) is 0.0499. The van der Waals surface area contributed by atoms with Crippen LogP contribution in [-0.2, 0) is 4.74 Å². The lowest BCUT2D eigenvalue weighted by Crippen LogP contribution is -2.72. The molecule has 0 amide bonds. The van der Waals surface area contributed by atoms with Gasteiger partial charge in [-0.15, -0.1) is 0 Å². The molecule has 0 aromatic rings. The fourth-order valence-corrected chi connectivity index (χ4v) is 1.81. The fourth-order valence-electron chi connectivity index (χ4n) is 1.81. The van der Waals surface area contributed by atoms with Crippen molar-refractivity contribution in [1.29, 1.82) is 0 Å². The molecule has 2 fully saturated rings. The summed E-state index contributed by atoms with van der Waals surface area (Å²) >= 11 is 0. The monoisotopic (exact) mass is 156 g/mol. The van der Waals surface area contributed by atoms with Crippen molar-refractivity contribution in [2.75, 3.05) is 32.8 Å². The number of nitrogens with one attached hydrogen (secondary N) is 1. The first kappa shape index (κ1) is 7.53. The van der Waals surface area contributed by atoms with Crippen molar-refractivity contribution < 1.29 is 4.74 Å². The molecule has 3 heteroatoms. The highest BCUT2D eigenvalue weighted by atomic mass is 16.5. The van der Waals surface area contributed by atoms with Crippen LogP contribution in [0.4, 0.5) is 0 Å². The molecule has 0 atom stereocenters. The first-order chi connectivity index (χ1) is 5.35. The van der Waals surface area contributed by atoms with Crippen LogP contribution >= 0.6 is 0 Å². The Morgan fingerprint density at radius 1 is 1.55 bits per heavy atom. The number of nitrogens with zero attached hydrogens (tertiary/aromatic N) is 1. The molecule has 64 valence electrons. The van der Waals surface area contributed by atoms with Crippen LogP contribution < -0.4 is 5.32 Å². The van der Waals surface area contributed by atoms with Gasteiger partial charge in [0.15, 0.2) is 0 Å². The molecule has 11 heavy (non-hydrogen) atoms. The van der Waals surface area contributed by atoms with E-state index in [1.165, 1.54) is 0 Å². The first-order valence-electron chi connectivity index (χ1n) is 4.46. The molecule has 0 saturated carbocycles. The minimum absolute atomic E-state index is 0.0499. The molecule has 2 aliphatic heterocycles. The van der Waals surface area contributed by atoms with Crippen molar-refractivity contribution in [3.8, 4) is 0 Å². The Balaban J connectivity index is 1.84. The van der Waals surface area contributed by atoms with Crippen LogP contribution in [0.15, 0.2) is 0 Å². The maximum Gasteiger partial charge on any atom is 0.144 e. The predicted molar refractivity (Wildman–Crippen MR) is 43.4 cm³/mol. The molecule has 3 nitrogen and oxygen atoms in total. The highest BCUT2D eigenvalue weighted by Crippen LogP contribution is 2.24. The molecule has 2 saturated heterocycles. The van der Waals surface area contributed by atoms with E-state index in [1.54, 1.807) is 0 Å². The molecule has 0 aliphatic carbocycles. The second kappa shape index (κ2) is 2.73. The van der Waals surface area contributed by atoms with Crippen molar-refractivity contribution in [1.82, 2.24) is 10.2 Å². The summed E-state index contributed by atoms with van der Waals surface area (Å²) in [5, 5.41) is 3.43. The quantitative estimate of drug-likeness (QED) is 0.579. The van der Waals surface area contributed by atoms with Gasteiger partial charge >= 0.3 is 0 Å². The van der Waals surface area contributed by atoms with Crippen LogP contribution in [0.1, 0.15) is 13.3 Å². The fraction of sp³-hybridized carbons (Fsp3) is 1.00. The van der Waals surface area contributed by atoms with E-state index in [2.05, 4.69) is 17.1 Å². The van der Waals surface area contributed by atoms with Gasteiger partial charge in [0, 0.05) is 19.6 Å². The largest absolute Gasteiger partial charge is 0.358 e. The van der Waals surface area contributed by atoms with E-state index in [4.69, 9.17) is 4.74 Å². The SMILES string of the molecule is CCN1CC2(C1)NCCCO2. The molecule has 0 aromatic carbocycles. The Hall–Kier alpha value is -0.120. The molecule has 0 radical (unpaired) electrons. The summed E-state index contributed by atoms with van der Waals surface area (Å²) in [4.78, 5) is 2.39. The van der Waals surface area contributed by atoms with Gasteiger partial charge in [0.1, 0.15) is 5.72 Å². The van der Waals surface area contributed by atoms with Gasteiger partial charge in [-0.25, -0.2) is 0 Å². The lowest BCUT2D eigenvalue weighted by Gasteiger charge is -2.51. The molecule has 0 aromatic heterocycles. The molecule has 1 N–H and O–H groups in total. The summed E-state index contributed by atoms with van der Waals surface area (Å²) in [6.45, 7) is 7.54. The molecule has 2 aliphatic rings. The summed E-state index contributed by atoms with van der Waals surface area (Å²) in [6.07, 6.45) is 1.16. The maximum absolute atomic E-state index is 5.68. The number of hydrogen-bond acceptors (Lipinski definition) is 3. The molecule has 2 rings (SSSR count). The topological polar surface area (TPSA) is 24.5 Å². The van der Waals surface area contributed by atoms with Gasteiger partial charge in [0.2, 0.25) is 0 Å². The summed E-state index contributed by atoms with van der Waals surface area (Å²) in [6, 6.07) is 0. The minimum Gasteiger partial charge on any atom is -0.358 e. The van der Waals surface area contributed by atoms with Gasteiger partial charge in [-0.1, -0.05) is 6.92 Å². The zero-order valence-corrected chi connectivity index (χ0v) is 7.10. The molecular weight excluding hydrogens is 140 g/mol. The van der Waals surface area contributed by atoms with Gasteiger partial charge in [-0.2, -0.15) is 0 Å². The van der Waals surface area contributed by atoms with E-state index >= 15 is 0 Å². The number of likely N-dealkylation sites (N-methyl/N-ethyl adjacent to an activating group) is 1. The van der Waals surface area contributed by atoms with E-state index in [-0.39, 0.29) is 5.72 Å². The third kappa shape index (κ3) is 1.28. The van der Waals surface area contributed by atoms with E-state index < -0.39 is 0 Å². The molecule has 1 spiro atoms. The van der Waals surface area contributed by atoms with Gasteiger partial charge < -0.3 is 4.74 Å². The Bertz CT molecular complexity index is 135. The summed E-state index contributed by atoms with van der Waals surface area (Å²) in [5.74, 6) is 0. The Morgan fingerprint density at radius 2 is 2.36 bits per heavy atom. The standard InChI is InChI=1S/C8H16N2O/c1-2-10-6-8(7-10)9-4-3-5-11-8/h9H,2-7H2,1H3. The second-order valence-corrected chi connectivity index (χ2v) is 3.43. The third-order valence-electron chi connectivity index (χ3n) is 2.55. The van der Waals surface area contributed by atoms with Crippen molar-refractivity contribution >= 4 is 0 Å². The van der Waals surface area contributed by atoms with Crippen LogP contribution in [0.5, 0.6) is 0 Å². The van der Waals surface area contributed by atoms with Gasteiger partial charge in [-0.05, 0) is 13.0 Å². The van der Waals surface area contributed by atoms with E-state index in [1.807, 2.05) is 0 Å². The van der Waals surface area contributed by atoms with Gasteiger partial charge in [-0.3, -0.25) is 10.2 Å². The Morgan fingerprint density at radius 3 is 2.91 bits per heavy atom. The van der Waals surface area contributed by atoms with Crippen molar-refractivity contribution in [2.45, 2.75) is 19.1 Å². The van der Waals surface area contributed by atoms with Crippen molar-refractivity contribution in [3.63, 3.8) is 0 Å². The van der Waals surface area contributed by atoms with Crippen molar-refractivity contribution in [3.05, 3.63) is 0 Å². The van der Waals surface area contributed by atoms with E-state index in [9.17, 15) is 0 Å². The molecular formula is C8H16N2O. The highest BCUT2D eigenvalue weighted by Gasteiger charge is 2.43. The zero-order valence-electron chi connectivity index (χ0n) is 7.10. The number of hydrogen-bond donors (Lipinski definition) is 1. The van der Waals surface area contributed by atoms with Gasteiger partial charge in [0.25, 0.3) is 0 Å². The summed E-state index contributed by atoms with van der Waals surface area (Å²) in [7, 11) is 0. The number of rotatable bonds is 1. The maximum atomic E-state index is 5.68. The average Bonchev–Trinajstić information content (AvgIpc) is 2.01. The average molecular weight is 156 g/mol. The lowest BCUT2D eigenvalue weighted by atomic mass is 10.0. The van der Waals surface area contributed by atoms with E-state index in [0.717, 1.165) is 39.2 Å². The lowest BCUT2D eigenvalue weighted by molar-refractivity contribution is -0.179. The Kier molecular flexibility index (Phi) is 1.87. The van der Waals surface area contributed by atoms with E-state index in [0.29, 0.717) is 0 Å². The van der Waals surface area contributed by atoms with Crippen LogP contribution in [0.25, 0.3) is 0 Å². The zero-order chi connectivity index (χ0) is 7.73. The first-order valence-corrected chi connectivity index (χ1v) is 4.46. The predicted octanol–water partition coefficient (Wildman–Crippen LogP) is 0.0281. The van der Waals surface area contributed by atoms with Crippen LogP contribution in [0.2, 0.25) is 0 Å². The molecule has 2 heterocycles. The minimum atomic E-state index is 0.0499.